The number of rotatable bonds is 7. The van der Waals surface area contributed by atoms with Crippen molar-refractivity contribution in [2.24, 2.45) is 0 Å². The average Bonchev–Trinajstić information content (AvgIpc) is 2.28. The van der Waals surface area contributed by atoms with Crippen LogP contribution in [0.4, 0.5) is 0 Å². The van der Waals surface area contributed by atoms with Gasteiger partial charge in [-0.3, -0.25) is 0 Å². The first-order valence-electron chi connectivity index (χ1n) is 5.38. The van der Waals surface area contributed by atoms with Crippen LogP contribution in [0.3, 0.4) is 0 Å². The van der Waals surface area contributed by atoms with Gasteiger partial charge in [0.1, 0.15) is 11.5 Å². The number of hydrogen-bond acceptors (Lipinski definition) is 3. The molecule has 1 aromatic carbocycles. The van der Waals surface area contributed by atoms with Crippen LogP contribution in [0.15, 0.2) is 30.9 Å². The van der Waals surface area contributed by atoms with Gasteiger partial charge in [-0.25, -0.2) is 4.79 Å². The van der Waals surface area contributed by atoms with Crippen molar-refractivity contribution in [3.05, 3.63) is 36.4 Å². The monoisotopic (exact) mass is 236 g/mol. The molecule has 17 heavy (non-hydrogen) atoms. The van der Waals surface area contributed by atoms with Gasteiger partial charge in [0.15, 0.2) is 6.61 Å². The van der Waals surface area contributed by atoms with Gasteiger partial charge in [0.25, 0.3) is 0 Å². The highest BCUT2D eigenvalue weighted by molar-refractivity contribution is 5.68. The molecule has 0 aliphatic heterocycles. The van der Waals surface area contributed by atoms with Gasteiger partial charge in [0, 0.05) is 5.56 Å². The van der Waals surface area contributed by atoms with E-state index in [4.69, 9.17) is 14.6 Å². The highest BCUT2D eigenvalue weighted by Crippen LogP contribution is 2.25. The van der Waals surface area contributed by atoms with Crippen LogP contribution in [0, 0.1) is 0 Å². The van der Waals surface area contributed by atoms with E-state index in [-0.39, 0.29) is 6.61 Å². The second kappa shape index (κ2) is 6.58. The van der Waals surface area contributed by atoms with Gasteiger partial charge in [0.2, 0.25) is 0 Å². The van der Waals surface area contributed by atoms with Crippen molar-refractivity contribution < 1.29 is 19.4 Å². The summed E-state index contributed by atoms with van der Waals surface area (Å²) in [4.78, 5) is 10.4. The molecule has 0 saturated carbocycles. The summed E-state index contributed by atoms with van der Waals surface area (Å²) in [6.07, 6.45) is 2.34. The molecule has 0 radical (unpaired) electrons. The summed E-state index contributed by atoms with van der Waals surface area (Å²) in [7, 11) is 0. The molecule has 4 heteroatoms. The van der Waals surface area contributed by atoms with Crippen molar-refractivity contribution in [1.29, 1.82) is 0 Å². The second-order valence-electron chi connectivity index (χ2n) is 3.38. The third kappa shape index (κ3) is 4.18. The first-order chi connectivity index (χ1) is 8.17. The number of carboxylic acids is 1. The van der Waals surface area contributed by atoms with E-state index in [1.807, 2.05) is 13.0 Å². The summed E-state index contributed by atoms with van der Waals surface area (Å²) < 4.78 is 10.5. The largest absolute Gasteiger partial charge is 0.494 e. The molecule has 1 rings (SSSR count). The summed E-state index contributed by atoms with van der Waals surface area (Å²) in [6, 6.07) is 5.31. The Bertz CT molecular complexity index is 398. The predicted molar refractivity (Wildman–Crippen MR) is 64.6 cm³/mol. The number of benzene rings is 1. The Kier molecular flexibility index (Phi) is 5.07. The van der Waals surface area contributed by atoms with Crippen molar-refractivity contribution in [2.75, 3.05) is 13.2 Å². The molecular weight excluding hydrogens is 220 g/mol. The topological polar surface area (TPSA) is 55.8 Å². The van der Waals surface area contributed by atoms with E-state index in [0.717, 1.165) is 11.3 Å². The third-order valence-corrected chi connectivity index (χ3v) is 2.06. The fourth-order valence-corrected chi connectivity index (χ4v) is 1.41. The van der Waals surface area contributed by atoms with E-state index in [9.17, 15) is 4.79 Å². The minimum atomic E-state index is -0.997. The number of carbonyl (C=O) groups is 1. The molecule has 0 aromatic heterocycles. The van der Waals surface area contributed by atoms with E-state index in [1.165, 1.54) is 0 Å². The van der Waals surface area contributed by atoms with E-state index >= 15 is 0 Å². The molecule has 1 N–H and O–H groups in total. The Hall–Kier alpha value is -1.97. The molecule has 92 valence electrons. The van der Waals surface area contributed by atoms with Gasteiger partial charge < -0.3 is 14.6 Å². The molecule has 0 aliphatic rings. The minimum absolute atomic E-state index is 0.349. The average molecular weight is 236 g/mol. The normalized spacial score (nSPS) is 9.71. The lowest BCUT2D eigenvalue weighted by molar-refractivity contribution is -0.139. The van der Waals surface area contributed by atoms with E-state index in [2.05, 4.69) is 6.58 Å². The molecule has 0 amide bonds. The molecule has 0 fully saturated rings. The van der Waals surface area contributed by atoms with Crippen LogP contribution >= 0.6 is 0 Å². The molecule has 0 saturated heterocycles. The first-order valence-corrected chi connectivity index (χ1v) is 5.38. The van der Waals surface area contributed by atoms with Crippen molar-refractivity contribution in [3.63, 3.8) is 0 Å². The fraction of sp³-hybridized carbons (Fsp3) is 0.308. The first kappa shape index (κ1) is 13.1. The Morgan fingerprint density at radius 1 is 1.47 bits per heavy atom. The lowest BCUT2D eigenvalue weighted by atomic mass is 10.1. The zero-order valence-electron chi connectivity index (χ0n) is 9.81. The summed E-state index contributed by atoms with van der Waals surface area (Å²) in [5.41, 5.74) is 0.868. The molecule has 0 heterocycles. The molecule has 0 bridgehead atoms. The van der Waals surface area contributed by atoms with Crippen molar-refractivity contribution >= 4 is 5.97 Å². The smallest absolute Gasteiger partial charge is 0.341 e. The Balaban J connectivity index is 2.86. The lowest BCUT2D eigenvalue weighted by Crippen LogP contribution is -2.10. The Morgan fingerprint density at radius 3 is 2.82 bits per heavy atom. The zero-order valence-corrected chi connectivity index (χ0v) is 9.81. The van der Waals surface area contributed by atoms with Gasteiger partial charge in [-0.15, -0.1) is 6.58 Å². The van der Waals surface area contributed by atoms with E-state index in [1.54, 1.807) is 18.2 Å². The highest BCUT2D eigenvalue weighted by atomic mass is 16.5. The predicted octanol–water partition coefficient (Wildman–Crippen LogP) is 2.28. The second-order valence-corrected chi connectivity index (χ2v) is 3.38. The van der Waals surface area contributed by atoms with Crippen LogP contribution < -0.4 is 9.47 Å². The van der Waals surface area contributed by atoms with Gasteiger partial charge in [-0.1, -0.05) is 6.08 Å². The van der Waals surface area contributed by atoms with Crippen LogP contribution in [0.5, 0.6) is 11.5 Å². The number of carboxylic acid groups (broad SMARTS) is 1. The maximum absolute atomic E-state index is 10.4. The summed E-state index contributed by atoms with van der Waals surface area (Å²) in [6.45, 7) is 5.80. The standard InChI is InChI=1S/C13H16O4/c1-3-5-10-8-11(16-4-2)6-7-12(10)17-9-13(14)15/h3,6-8H,1,4-5,9H2,2H3,(H,14,15). The van der Waals surface area contributed by atoms with Crippen molar-refractivity contribution in [2.45, 2.75) is 13.3 Å². The van der Waals surface area contributed by atoms with Gasteiger partial charge in [-0.2, -0.15) is 0 Å². The molecule has 0 atom stereocenters. The number of allylic oxidation sites excluding steroid dienone is 1. The maximum atomic E-state index is 10.4. The third-order valence-electron chi connectivity index (χ3n) is 2.06. The van der Waals surface area contributed by atoms with E-state index < -0.39 is 5.97 Å². The number of ether oxygens (including phenoxy) is 2. The molecule has 4 nitrogen and oxygen atoms in total. The van der Waals surface area contributed by atoms with Crippen LogP contribution in [0.1, 0.15) is 12.5 Å². The molecule has 0 spiro atoms. The van der Waals surface area contributed by atoms with Crippen LogP contribution in [-0.2, 0) is 11.2 Å². The fourth-order valence-electron chi connectivity index (χ4n) is 1.41. The van der Waals surface area contributed by atoms with Crippen LogP contribution in [0.25, 0.3) is 0 Å². The van der Waals surface area contributed by atoms with Crippen molar-refractivity contribution in [1.82, 2.24) is 0 Å². The van der Waals surface area contributed by atoms with Gasteiger partial charge >= 0.3 is 5.97 Å². The summed E-state index contributed by atoms with van der Waals surface area (Å²) >= 11 is 0. The summed E-state index contributed by atoms with van der Waals surface area (Å²) in [5, 5.41) is 8.56. The highest BCUT2D eigenvalue weighted by Gasteiger charge is 2.06. The molecular formula is C13H16O4. The summed E-state index contributed by atoms with van der Waals surface area (Å²) in [5.74, 6) is 0.297. The molecule has 1 aromatic rings. The Morgan fingerprint density at radius 2 is 2.24 bits per heavy atom. The van der Waals surface area contributed by atoms with Crippen LogP contribution in [0.2, 0.25) is 0 Å². The van der Waals surface area contributed by atoms with E-state index in [0.29, 0.717) is 18.8 Å². The number of aliphatic carboxylic acids is 1. The quantitative estimate of drug-likeness (QED) is 0.738. The van der Waals surface area contributed by atoms with Crippen molar-refractivity contribution in [3.8, 4) is 11.5 Å². The number of hydrogen-bond donors (Lipinski definition) is 1. The zero-order chi connectivity index (χ0) is 12.7. The minimum Gasteiger partial charge on any atom is -0.494 e. The van der Waals surface area contributed by atoms with Crippen LogP contribution in [-0.4, -0.2) is 24.3 Å². The van der Waals surface area contributed by atoms with Gasteiger partial charge in [-0.05, 0) is 31.5 Å². The molecule has 0 unspecified atom stereocenters. The van der Waals surface area contributed by atoms with Gasteiger partial charge in [0.05, 0.1) is 6.61 Å². The SMILES string of the molecule is C=CCc1cc(OCC)ccc1OCC(=O)O. The molecule has 0 aliphatic carbocycles. The lowest BCUT2D eigenvalue weighted by Gasteiger charge is -2.11. The Labute approximate surface area is 100 Å². The maximum Gasteiger partial charge on any atom is 0.341 e.